The molecule has 0 aromatic rings. The first-order chi connectivity index (χ1) is 9.71. The molecule has 3 aliphatic rings. The third-order valence-corrected chi connectivity index (χ3v) is 5.60. The topological polar surface area (TPSA) is 41.6 Å². The van der Waals surface area contributed by atoms with Gasteiger partial charge in [-0.3, -0.25) is 9.69 Å². The molecule has 4 heteroatoms. The standard InChI is InChI=1S/C16H28N2O2/c1-13(12-18-8-10-20-11-9-18)17-15(19)16(6-3-7-16)14-4-2-5-14/h13-14H,2-12H2,1H3,(H,17,19)/t13-/m0/s1. The normalized spacial score (nSPS) is 28.2. The van der Waals surface area contributed by atoms with E-state index in [0.717, 1.165) is 45.7 Å². The average molecular weight is 280 g/mol. The van der Waals surface area contributed by atoms with Gasteiger partial charge in [0.15, 0.2) is 0 Å². The van der Waals surface area contributed by atoms with E-state index in [1.165, 1.54) is 25.7 Å². The Labute approximate surface area is 122 Å². The lowest BCUT2D eigenvalue weighted by Crippen LogP contribution is -2.56. The molecule has 1 saturated heterocycles. The second kappa shape index (κ2) is 6.02. The van der Waals surface area contributed by atoms with Gasteiger partial charge in [0, 0.05) is 25.7 Å². The minimum atomic E-state index is 0.0114. The number of rotatable bonds is 5. The van der Waals surface area contributed by atoms with E-state index in [4.69, 9.17) is 4.74 Å². The molecule has 114 valence electrons. The summed E-state index contributed by atoms with van der Waals surface area (Å²) in [6.07, 6.45) is 7.34. The van der Waals surface area contributed by atoms with Crippen LogP contribution in [0.3, 0.4) is 0 Å². The summed E-state index contributed by atoms with van der Waals surface area (Å²) in [5.41, 5.74) is 0.0114. The molecule has 1 heterocycles. The number of carbonyl (C=O) groups excluding carboxylic acids is 1. The van der Waals surface area contributed by atoms with Crippen LogP contribution in [0.4, 0.5) is 0 Å². The summed E-state index contributed by atoms with van der Waals surface area (Å²) in [5, 5.41) is 3.30. The molecule has 0 aromatic carbocycles. The highest BCUT2D eigenvalue weighted by Crippen LogP contribution is 2.54. The predicted octanol–water partition coefficient (Wildman–Crippen LogP) is 1.79. The van der Waals surface area contributed by atoms with E-state index < -0.39 is 0 Å². The van der Waals surface area contributed by atoms with Gasteiger partial charge < -0.3 is 10.1 Å². The van der Waals surface area contributed by atoms with Crippen molar-refractivity contribution in [2.24, 2.45) is 11.3 Å². The van der Waals surface area contributed by atoms with Gasteiger partial charge in [-0.1, -0.05) is 12.8 Å². The Kier molecular flexibility index (Phi) is 4.32. The summed E-state index contributed by atoms with van der Waals surface area (Å²) < 4.78 is 5.37. The number of nitrogens with zero attached hydrogens (tertiary/aromatic N) is 1. The van der Waals surface area contributed by atoms with Crippen molar-refractivity contribution in [1.82, 2.24) is 10.2 Å². The maximum Gasteiger partial charge on any atom is 0.226 e. The number of hydrogen-bond donors (Lipinski definition) is 1. The van der Waals surface area contributed by atoms with E-state index in [9.17, 15) is 4.79 Å². The highest BCUT2D eigenvalue weighted by molar-refractivity contribution is 5.84. The molecular weight excluding hydrogens is 252 g/mol. The number of nitrogens with one attached hydrogen (secondary N) is 1. The molecule has 2 aliphatic carbocycles. The van der Waals surface area contributed by atoms with E-state index in [1.54, 1.807) is 0 Å². The maximum absolute atomic E-state index is 12.7. The van der Waals surface area contributed by atoms with Gasteiger partial charge in [0.2, 0.25) is 5.91 Å². The second-order valence-corrected chi connectivity index (χ2v) is 6.93. The van der Waals surface area contributed by atoms with Crippen molar-refractivity contribution >= 4 is 5.91 Å². The first kappa shape index (κ1) is 14.3. The average Bonchev–Trinajstić information content (AvgIpc) is 2.32. The Morgan fingerprint density at radius 2 is 2.00 bits per heavy atom. The van der Waals surface area contributed by atoms with E-state index in [0.29, 0.717) is 11.8 Å². The van der Waals surface area contributed by atoms with Gasteiger partial charge >= 0.3 is 0 Å². The number of amides is 1. The predicted molar refractivity (Wildman–Crippen MR) is 78.5 cm³/mol. The van der Waals surface area contributed by atoms with Crippen LogP contribution >= 0.6 is 0 Å². The van der Waals surface area contributed by atoms with Gasteiger partial charge in [-0.05, 0) is 38.5 Å². The number of morpholine rings is 1. The number of carbonyl (C=O) groups is 1. The SMILES string of the molecule is C[C@@H](CN1CCOCC1)NC(=O)C1(C2CCC2)CCC1. The van der Waals surface area contributed by atoms with Crippen LogP contribution in [0.15, 0.2) is 0 Å². The third kappa shape index (κ3) is 2.73. The molecule has 0 aromatic heterocycles. The first-order valence-corrected chi connectivity index (χ1v) is 8.32. The Morgan fingerprint density at radius 1 is 1.30 bits per heavy atom. The minimum absolute atomic E-state index is 0.0114. The fourth-order valence-corrected chi connectivity index (χ4v) is 3.92. The Morgan fingerprint density at radius 3 is 2.50 bits per heavy atom. The molecular formula is C16H28N2O2. The summed E-state index contributed by atoms with van der Waals surface area (Å²) in [6.45, 7) is 6.73. The van der Waals surface area contributed by atoms with Crippen molar-refractivity contribution in [3.63, 3.8) is 0 Å². The van der Waals surface area contributed by atoms with Crippen molar-refractivity contribution in [1.29, 1.82) is 0 Å². The van der Waals surface area contributed by atoms with Crippen LogP contribution in [-0.4, -0.2) is 49.7 Å². The zero-order valence-electron chi connectivity index (χ0n) is 12.7. The summed E-state index contributed by atoms with van der Waals surface area (Å²) in [5.74, 6) is 1.01. The molecule has 2 saturated carbocycles. The molecule has 3 rings (SSSR count). The molecule has 0 bridgehead atoms. The largest absolute Gasteiger partial charge is 0.379 e. The summed E-state index contributed by atoms with van der Waals surface area (Å²) >= 11 is 0. The van der Waals surface area contributed by atoms with Crippen LogP contribution in [0.5, 0.6) is 0 Å². The molecule has 0 unspecified atom stereocenters. The van der Waals surface area contributed by atoms with Crippen molar-refractivity contribution in [2.45, 2.75) is 51.5 Å². The van der Waals surface area contributed by atoms with Gasteiger partial charge in [0.25, 0.3) is 0 Å². The fraction of sp³-hybridized carbons (Fsp3) is 0.938. The van der Waals surface area contributed by atoms with E-state index in [-0.39, 0.29) is 11.5 Å². The summed E-state index contributed by atoms with van der Waals surface area (Å²) in [6, 6.07) is 0.248. The third-order valence-electron chi connectivity index (χ3n) is 5.60. The molecule has 0 radical (unpaired) electrons. The fourth-order valence-electron chi connectivity index (χ4n) is 3.92. The Balaban J connectivity index is 1.49. The zero-order chi connectivity index (χ0) is 14.0. The van der Waals surface area contributed by atoms with Crippen LogP contribution in [0, 0.1) is 11.3 Å². The van der Waals surface area contributed by atoms with Gasteiger partial charge in [-0.2, -0.15) is 0 Å². The quantitative estimate of drug-likeness (QED) is 0.835. The molecule has 1 atom stereocenters. The molecule has 4 nitrogen and oxygen atoms in total. The Hall–Kier alpha value is -0.610. The second-order valence-electron chi connectivity index (χ2n) is 6.93. The smallest absolute Gasteiger partial charge is 0.226 e. The maximum atomic E-state index is 12.7. The zero-order valence-corrected chi connectivity index (χ0v) is 12.7. The van der Waals surface area contributed by atoms with Crippen molar-refractivity contribution in [3.05, 3.63) is 0 Å². The monoisotopic (exact) mass is 280 g/mol. The molecule has 20 heavy (non-hydrogen) atoms. The first-order valence-electron chi connectivity index (χ1n) is 8.32. The number of hydrogen-bond acceptors (Lipinski definition) is 3. The van der Waals surface area contributed by atoms with E-state index >= 15 is 0 Å². The van der Waals surface area contributed by atoms with Crippen LogP contribution in [-0.2, 0) is 9.53 Å². The van der Waals surface area contributed by atoms with E-state index in [2.05, 4.69) is 17.1 Å². The lowest BCUT2D eigenvalue weighted by atomic mass is 9.54. The van der Waals surface area contributed by atoms with E-state index in [1.807, 2.05) is 0 Å². The van der Waals surface area contributed by atoms with Crippen molar-refractivity contribution < 1.29 is 9.53 Å². The molecule has 1 N–H and O–H groups in total. The lowest BCUT2D eigenvalue weighted by molar-refractivity contribution is -0.145. The van der Waals surface area contributed by atoms with Gasteiger partial charge in [0.05, 0.1) is 18.6 Å². The highest BCUT2D eigenvalue weighted by Gasteiger charge is 2.51. The number of ether oxygens (including phenoxy) is 1. The van der Waals surface area contributed by atoms with Crippen molar-refractivity contribution in [2.75, 3.05) is 32.8 Å². The van der Waals surface area contributed by atoms with Gasteiger partial charge in [-0.25, -0.2) is 0 Å². The summed E-state index contributed by atoms with van der Waals surface area (Å²) in [4.78, 5) is 15.1. The van der Waals surface area contributed by atoms with Crippen LogP contribution in [0.1, 0.15) is 45.4 Å². The molecule has 0 spiro atoms. The minimum Gasteiger partial charge on any atom is -0.379 e. The van der Waals surface area contributed by atoms with Gasteiger partial charge in [0.1, 0.15) is 0 Å². The lowest BCUT2D eigenvalue weighted by Gasteiger charge is -2.50. The van der Waals surface area contributed by atoms with Crippen LogP contribution in [0.2, 0.25) is 0 Å². The molecule has 1 aliphatic heterocycles. The molecule has 1 amide bonds. The van der Waals surface area contributed by atoms with Gasteiger partial charge in [-0.15, -0.1) is 0 Å². The van der Waals surface area contributed by atoms with Crippen LogP contribution < -0.4 is 5.32 Å². The summed E-state index contributed by atoms with van der Waals surface area (Å²) in [7, 11) is 0. The Bertz CT molecular complexity index is 344. The van der Waals surface area contributed by atoms with Crippen molar-refractivity contribution in [3.8, 4) is 0 Å². The molecule has 3 fully saturated rings. The van der Waals surface area contributed by atoms with Crippen LogP contribution in [0.25, 0.3) is 0 Å². The highest BCUT2D eigenvalue weighted by atomic mass is 16.5.